The summed E-state index contributed by atoms with van der Waals surface area (Å²) < 4.78 is 0. The molecule has 1 aliphatic heterocycles. The van der Waals surface area contributed by atoms with E-state index >= 15 is 0 Å². The number of amides is 2. The van der Waals surface area contributed by atoms with Crippen LogP contribution in [0.1, 0.15) is 45.1 Å². The van der Waals surface area contributed by atoms with Crippen molar-refractivity contribution in [3.8, 4) is 0 Å². The summed E-state index contributed by atoms with van der Waals surface area (Å²) in [7, 11) is 0. The number of anilines is 1. The van der Waals surface area contributed by atoms with Crippen molar-refractivity contribution >= 4 is 17.5 Å². The lowest BCUT2D eigenvalue weighted by atomic mass is 10.0. The predicted molar refractivity (Wildman–Crippen MR) is 102 cm³/mol. The first kappa shape index (κ1) is 19.4. The maximum atomic E-state index is 11.9. The largest absolute Gasteiger partial charge is 0.348 e. The Balaban J connectivity index is 1.60. The molecule has 2 rings (SSSR count). The highest BCUT2D eigenvalue weighted by atomic mass is 16.2. The molecule has 0 radical (unpaired) electrons. The molecule has 1 aromatic carbocycles. The van der Waals surface area contributed by atoms with Crippen LogP contribution in [0.3, 0.4) is 0 Å². The van der Waals surface area contributed by atoms with Gasteiger partial charge in [0, 0.05) is 18.8 Å². The van der Waals surface area contributed by atoms with E-state index in [1.165, 1.54) is 31.5 Å². The van der Waals surface area contributed by atoms with E-state index in [1.807, 2.05) is 24.3 Å². The van der Waals surface area contributed by atoms with Gasteiger partial charge in [-0.15, -0.1) is 0 Å². The zero-order chi connectivity index (χ0) is 18.1. The van der Waals surface area contributed by atoms with Crippen LogP contribution in [0.2, 0.25) is 0 Å². The van der Waals surface area contributed by atoms with Crippen LogP contribution in [-0.4, -0.2) is 42.9 Å². The first-order chi connectivity index (χ1) is 12.1. The number of aryl methyl sites for hydroxylation is 1. The summed E-state index contributed by atoms with van der Waals surface area (Å²) in [6.07, 6.45) is 5.52. The van der Waals surface area contributed by atoms with Gasteiger partial charge in [0.2, 0.25) is 0 Å². The lowest BCUT2D eigenvalue weighted by Gasteiger charge is -2.30. The van der Waals surface area contributed by atoms with Crippen molar-refractivity contribution in [1.29, 1.82) is 0 Å². The van der Waals surface area contributed by atoms with Crippen LogP contribution in [-0.2, 0) is 16.0 Å². The monoisotopic (exact) mass is 345 g/mol. The van der Waals surface area contributed by atoms with Gasteiger partial charge in [-0.1, -0.05) is 26.0 Å². The maximum Gasteiger partial charge on any atom is 0.313 e. The second kappa shape index (κ2) is 10.2. The van der Waals surface area contributed by atoms with Crippen LogP contribution >= 0.6 is 0 Å². The Morgan fingerprint density at radius 3 is 2.60 bits per heavy atom. The predicted octanol–water partition coefficient (Wildman–Crippen LogP) is 2.82. The van der Waals surface area contributed by atoms with Crippen molar-refractivity contribution < 1.29 is 9.59 Å². The molecule has 1 fully saturated rings. The van der Waals surface area contributed by atoms with Crippen molar-refractivity contribution in [2.45, 2.75) is 46.0 Å². The number of nitrogens with zero attached hydrogens (tertiary/aromatic N) is 1. The Morgan fingerprint density at radius 2 is 1.92 bits per heavy atom. The number of carbonyl (C=O) groups excluding carboxylic acids is 2. The van der Waals surface area contributed by atoms with Gasteiger partial charge in [0.15, 0.2) is 0 Å². The molecule has 1 aliphatic rings. The summed E-state index contributed by atoms with van der Waals surface area (Å²) in [6.45, 7) is 8.38. The van der Waals surface area contributed by atoms with Gasteiger partial charge in [-0.2, -0.15) is 0 Å². The normalized spacial score (nSPS) is 17.9. The number of likely N-dealkylation sites (tertiary alicyclic amines) is 1. The fourth-order valence-corrected chi connectivity index (χ4v) is 3.24. The highest BCUT2D eigenvalue weighted by Gasteiger charge is 2.16. The number of carbonyl (C=O) groups is 2. The van der Waals surface area contributed by atoms with Crippen molar-refractivity contribution in [2.24, 2.45) is 5.92 Å². The molecule has 138 valence electrons. The highest BCUT2D eigenvalue weighted by molar-refractivity contribution is 6.39. The van der Waals surface area contributed by atoms with Crippen LogP contribution in [0.25, 0.3) is 0 Å². The summed E-state index contributed by atoms with van der Waals surface area (Å²) in [5.74, 6) is -0.371. The fraction of sp³-hybridized carbons (Fsp3) is 0.600. The maximum absolute atomic E-state index is 11.9. The standard InChI is InChI=1S/C20H31N3O2/c1-3-17-8-10-18(11-9-17)22-20(25)19(24)21-12-4-5-13-23-14-6-7-16(2)15-23/h8-11,16H,3-7,12-15H2,1-2H3,(H,21,24)(H,22,25). The Hall–Kier alpha value is -1.88. The number of benzene rings is 1. The van der Waals surface area contributed by atoms with Gasteiger partial charge >= 0.3 is 11.8 Å². The topological polar surface area (TPSA) is 61.4 Å². The summed E-state index contributed by atoms with van der Waals surface area (Å²) in [5.41, 5.74) is 1.85. The van der Waals surface area contributed by atoms with E-state index in [-0.39, 0.29) is 0 Å². The zero-order valence-corrected chi connectivity index (χ0v) is 15.5. The number of piperidine rings is 1. The Kier molecular flexibility index (Phi) is 7.92. The van der Waals surface area contributed by atoms with Crippen molar-refractivity contribution in [1.82, 2.24) is 10.2 Å². The molecule has 2 amide bonds. The lowest BCUT2D eigenvalue weighted by Crippen LogP contribution is -2.37. The molecule has 1 atom stereocenters. The van der Waals surface area contributed by atoms with E-state index in [1.54, 1.807) is 0 Å². The molecule has 0 bridgehead atoms. The minimum Gasteiger partial charge on any atom is -0.348 e. The zero-order valence-electron chi connectivity index (χ0n) is 15.5. The van der Waals surface area contributed by atoms with Gasteiger partial charge in [0.05, 0.1) is 0 Å². The third kappa shape index (κ3) is 6.86. The van der Waals surface area contributed by atoms with Crippen LogP contribution < -0.4 is 10.6 Å². The fourth-order valence-electron chi connectivity index (χ4n) is 3.24. The number of unbranched alkanes of at least 4 members (excludes halogenated alkanes) is 1. The van der Waals surface area contributed by atoms with Crippen LogP contribution in [0, 0.1) is 5.92 Å². The van der Waals surface area contributed by atoms with E-state index in [4.69, 9.17) is 0 Å². The van der Waals surface area contributed by atoms with Crippen molar-refractivity contribution in [3.63, 3.8) is 0 Å². The van der Waals surface area contributed by atoms with E-state index in [9.17, 15) is 9.59 Å². The molecular weight excluding hydrogens is 314 g/mol. The smallest absolute Gasteiger partial charge is 0.313 e. The first-order valence-corrected chi connectivity index (χ1v) is 9.49. The van der Waals surface area contributed by atoms with Crippen LogP contribution in [0.4, 0.5) is 5.69 Å². The SMILES string of the molecule is CCc1ccc(NC(=O)C(=O)NCCCCN2CCCC(C)C2)cc1. The molecule has 0 saturated carbocycles. The van der Waals surface area contributed by atoms with Gasteiger partial charge in [0.1, 0.15) is 0 Å². The molecule has 1 heterocycles. The average Bonchev–Trinajstić information content (AvgIpc) is 2.62. The highest BCUT2D eigenvalue weighted by Crippen LogP contribution is 2.15. The van der Waals surface area contributed by atoms with E-state index in [0.29, 0.717) is 12.2 Å². The average molecular weight is 345 g/mol. The van der Waals surface area contributed by atoms with E-state index < -0.39 is 11.8 Å². The lowest BCUT2D eigenvalue weighted by molar-refractivity contribution is -0.136. The summed E-state index contributed by atoms with van der Waals surface area (Å²) in [6, 6.07) is 7.55. The molecule has 2 N–H and O–H groups in total. The van der Waals surface area contributed by atoms with E-state index in [2.05, 4.69) is 29.4 Å². The number of hydrogen-bond donors (Lipinski definition) is 2. The van der Waals surface area contributed by atoms with Gasteiger partial charge in [-0.3, -0.25) is 9.59 Å². The van der Waals surface area contributed by atoms with E-state index in [0.717, 1.165) is 31.7 Å². The third-order valence-corrected chi connectivity index (χ3v) is 4.75. The Bertz CT molecular complexity index is 557. The van der Waals surface area contributed by atoms with Gasteiger partial charge in [0.25, 0.3) is 0 Å². The third-order valence-electron chi connectivity index (χ3n) is 4.75. The van der Waals surface area contributed by atoms with Crippen LogP contribution in [0.15, 0.2) is 24.3 Å². The summed E-state index contributed by atoms with van der Waals surface area (Å²) in [5, 5.41) is 5.33. The van der Waals surface area contributed by atoms with Crippen molar-refractivity contribution in [3.05, 3.63) is 29.8 Å². The van der Waals surface area contributed by atoms with Gasteiger partial charge in [-0.05, 0) is 68.8 Å². The summed E-state index contributed by atoms with van der Waals surface area (Å²) >= 11 is 0. The second-order valence-corrected chi connectivity index (χ2v) is 7.02. The van der Waals surface area contributed by atoms with Crippen molar-refractivity contribution in [2.75, 3.05) is 31.5 Å². The molecule has 0 aromatic heterocycles. The summed E-state index contributed by atoms with van der Waals surface area (Å²) in [4.78, 5) is 26.2. The molecule has 25 heavy (non-hydrogen) atoms. The number of nitrogens with one attached hydrogen (secondary N) is 2. The van der Waals surface area contributed by atoms with Crippen LogP contribution in [0.5, 0.6) is 0 Å². The second-order valence-electron chi connectivity index (χ2n) is 7.02. The number of rotatable bonds is 7. The molecule has 1 saturated heterocycles. The molecule has 5 heteroatoms. The molecule has 5 nitrogen and oxygen atoms in total. The minimum atomic E-state index is -0.603. The Morgan fingerprint density at radius 1 is 1.16 bits per heavy atom. The minimum absolute atomic E-state index is 0.546. The molecule has 1 aromatic rings. The molecular formula is C20H31N3O2. The molecule has 0 aliphatic carbocycles. The first-order valence-electron chi connectivity index (χ1n) is 9.49. The van der Waals surface area contributed by atoms with Gasteiger partial charge < -0.3 is 15.5 Å². The Labute approximate surface area is 151 Å². The molecule has 1 unspecified atom stereocenters. The number of hydrogen-bond acceptors (Lipinski definition) is 3. The quantitative estimate of drug-likeness (QED) is 0.590. The molecule has 0 spiro atoms. The van der Waals surface area contributed by atoms with Gasteiger partial charge in [-0.25, -0.2) is 0 Å².